The normalized spacial score (nSPS) is 18.5. The highest BCUT2D eigenvalue weighted by atomic mass is 19.1. The fourth-order valence-corrected chi connectivity index (χ4v) is 3.72. The topological polar surface area (TPSA) is 150 Å². The van der Waals surface area contributed by atoms with Crippen LogP contribution in [0.15, 0.2) is 30.7 Å². The van der Waals surface area contributed by atoms with Crippen LogP contribution < -0.4 is 22.1 Å². The zero-order valence-corrected chi connectivity index (χ0v) is 17.0. The molecule has 3 aromatic heterocycles. The third kappa shape index (κ3) is 4.45. The van der Waals surface area contributed by atoms with Crippen LogP contribution in [0.25, 0.3) is 5.82 Å². The lowest BCUT2D eigenvalue weighted by Gasteiger charge is -2.30. The highest BCUT2D eigenvalue weighted by molar-refractivity contribution is 5.98. The van der Waals surface area contributed by atoms with Gasteiger partial charge in [0.1, 0.15) is 5.82 Å². The molecule has 31 heavy (non-hydrogen) atoms. The molecule has 3 heterocycles. The van der Waals surface area contributed by atoms with Crippen molar-refractivity contribution in [2.75, 3.05) is 10.6 Å². The molecule has 0 saturated heterocycles. The maximum atomic E-state index is 14.7. The maximum Gasteiger partial charge on any atom is 0.252 e. The number of nitrogens with one attached hydrogen (secondary N) is 2. The lowest BCUT2D eigenvalue weighted by atomic mass is 9.91. The Hall–Kier alpha value is -3.60. The molecule has 1 aliphatic carbocycles. The van der Waals surface area contributed by atoms with Crippen molar-refractivity contribution in [2.24, 2.45) is 11.5 Å². The van der Waals surface area contributed by atoms with Gasteiger partial charge in [-0.25, -0.2) is 19.0 Å². The molecule has 1 saturated carbocycles. The molecule has 3 aromatic rings. The molecule has 6 N–H and O–H groups in total. The highest BCUT2D eigenvalue weighted by Crippen LogP contribution is 2.27. The lowest BCUT2D eigenvalue weighted by Crippen LogP contribution is -2.43. The number of anilines is 3. The molecule has 162 valence electrons. The molecule has 2 atom stereocenters. The summed E-state index contributed by atoms with van der Waals surface area (Å²) in [6, 6.07) is 2.72. The van der Waals surface area contributed by atoms with Crippen LogP contribution in [0, 0.1) is 12.7 Å². The predicted molar refractivity (Wildman–Crippen MR) is 114 cm³/mol. The van der Waals surface area contributed by atoms with Gasteiger partial charge in [-0.15, -0.1) is 5.10 Å². The third-order valence-corrected chi connectivity index (χ3v) is 5.34. The molecule has 0 bridgehead atoms. The molecule has 0 aromatic carbocycles. The van der Waals surface area contributed by atoms with Crippen LogP contribution in [0.1, 0.15) is 41.6 Å². The number of hydrogen-bond donors (Lipinski definition) is 4. The van der Waals surface area contributed by atoms with Crippen LogP contribution in [-0.4, -0.2) is 43.0 Å². The van der Waals surface area contributed by atoms with Gasteiger partial charge in [0.05, 0.1) is 29.8 Å². The van der Waals surface area contributed by atoms with E-state index in [0.717, 1.165) is 37.3 Å². The number of nitrogens with two attached hydrogens (primary N) is 2. The summed E-state index contributed by atoms with van der Waals surface area (Å²) in [5.74, 6) is -0.681. The van der Waals surface area contributed by atoms with Crippen LogP contribution in [-0.2, 0) is 0 Å². The summed E-state index contributed by atoms with van der Waals surface area (Å²) < 4.78 is 16.2. The molecule has 0 aliphatic heterocycles. The van der Waals surface area contributed by atoms with E-state index in [1.807, 2.05) is 13.0 Å². The van der Waals surface area contributed by atoms with E-state index in [4.69, 9.17) is 11.5 Å². The number of carbonyl (C=O) groups is 1. The van der Waals surface area contributed by atoms with Crippen molar-refractivity contribution >= 4 is 23.2 Å². The number of halogens is 1. The van der Waals surface area contributed by atoms with Gasteiger partial charge < -0.3 is 22.1 Å². The van der Waals surface area contributed by atoms with Gasteiger partial charge in [0.15, 0.2) is 17.5 Å². The Morgan fingerprint density at radius 3 is 2.74 bits per heavy atom. The first-order chi connectivity index (χ1) is 14.9. The number of hydrogen-bond acceptors (Lipinski definition) is 8. The number of aromatic nitrogens is 5. The van der Waals surface area contributed by atoms with Gasteiger partial charge in [0.2, 0.25) is 0 Å². The Morgan fingerprint density at radius 2 is 2.06 bits per heavy atom. The van der Waals surface area contributed by atoms with E-state index < -0.39 is 11.7 Å². The fraction of sp³-hybridized carbons (Fsp3) is 0.350. The Kier molecular flexibility index (Phi) is 5.76. The minimum atomic E-state index is -0.793. The largest absolute Gasteiger partial charge is 0.365 e. The second-order valence-corrected chi connectivity index (χ2v) is 7.62. The molecular weight excluding hydrogens is 401 g/mol. The van der Waals surface area contributed by atoms with E-state index >= 15 is 0 Å². The smallest absolute Gasteiger partial charge is 0.252 e. The van der Waals surface area contributed by atoms with Crippen LogP contribution in [0.5, 0.6) is 0 Å². The van der Waals surface area contributed by atoms with E-state index in [9.17, 15) is 9.18 Å². The Bertz CT molecular complexity index is 1090. The van der Waals surface area contributed by atoms with Gasteiger partial charge in [0, 0.05) is 12.1 Å². The lowest BCUT2D eigenvalue weighted by molar-refractivity contribution is 0.100. The van der Waals surface area contributed by atoms with E-state index in [1.165, 1.54) is 0 Å². The van der Waals surface area contributed by atoms with Gasteiger partial charge in [-0.1, -0.05) is 18.1 Å². The van der Waals surface area contributed by atoms with Gasteiger partial charge in [0.25, 0.3) is 5.91 Å². The first-order valence-electron chi connectivity index (χ1n) is 10.0. The quantitative estimate of drug-likeness (QED) is 0.468. The molecule has 4 rings (SSSR count). The van der Waals surface area contributed by atoms with Gasteiger partial charge >= 0.3 is 0 Å². The predicted octanol–water partition coefficient (Wildman–Crippen LogP) is 2.03. The third-order valence-electron chi connectivity index (χ3n) is 5.34. The summed E-state index contributed by atoms with van der Waals surface area (Å²) >= 11 is 0. The standard InChI is InChI=1S/C20H24FN9O/c1-11-8-12(10-24-20(11)30-7-6-25-29-30)26-18-13(17(23)31)9-14(21)19(28-18)27-16-5-3-2-4-15(16)22/h6-10,15-16H,2-5,22H2,1H3,(H2,23,31)(H2,26,27,28)/t15-,16+/m0/s1. The van der Waals surface area contributed by atoms with E-state index in [2.05, 4.69) is 30.9 Å². The van der Waals surface area contributed by atoms with Crippen LogP contribution >= 0.6 is 0 Å². The number of rotatable bonds is 6. The van der Waals surface area contributed by atoms with Crippen molar-refractivity contribution < 1.29 is 9.18 Å². The first kappa shape index (κ1) is 20.7. The summed E-state index contributed by atoms with van der Waals surface area (Å²) in [6.07, 6.45) is 8.57. The molecule has 0 unspecified atom stereocenters. The van der Waals surface area contributed by atoms with Crippen molar-refractivity contribution in [1.29, 1.82) is 0 Å². The van der Waals surface area contributed by atoms with Crippen molar-refractivity contribution in [3.63, 3.8) is 0 Å². The second kappa shape index (κ2) is 8.64. The molecule has 1 aliphatic rings. The second-order valence-electron chi connectivity index (χ2n) is 7.62. The van der Waals surface area contributed by atoms with Gasteiger partial charge in [-0.3, -0.25) is 4.79 Å². The fourth-order valence-electron chi connectivity index (χ4n) is 3.72. The summed E-state index contributed by atoms with van der Waals surface area (Å²) in [6.45, 7) is 1.86. The summed E-state index contributed by atoms with van der Waals surface area (Å²) in [4.78, 5) is 20.6. The molecule has 1 amide bonds. The summed E-state index contributed by atoms with van der Waals surface area (Å²) in [5.41, 5.74) is 12.9. The van der Waals surface area contributed by atoms with Crippen molar-refractivity contribution in [3.05, 3.63) is 47.7 Å². The highest BCUT2D eigenvalue weighted by Gasteiger charge is 2.24. The number of nitrogens with zero attached hydrogens (tertiary/aromatic N) is 5. The summed E-state index contributed by atoms with van der Waals surface area (Å²) in [7, 11) is 0. The van der Waals surface area contributed by atoms with Crippen molar-refractivity contribution in [3.8, 4) is 5.82 Å². The number of pyridine rings is 2. The molecule has 0 spiro atoms. The van der Waals surface area contributed by atoms with Crippen LogP contribution in [0.3, 0.4) is 0 Å². The van der Waals surface area contributed by atoms with Gasteiger partial charge in [-0.2, -0.15) is 0 Å². The average Bonchev–Trinajstić information content (AvgIpc) is 3.26. The molecular formula is C20H24FN9O. The molecule has 0 radical (unpaired) electrons. The minimum Gasteiger partial charge on any atom is -0.365 e. The van der Waals surface area contributed by atoms with E-state index in [0.29, 0.717) is 11.5 Å². The summed E-state index contributed by atoms with van der Waals surface area (Å²) in [5, 5.41) is 13.8. The molecule has 10 nitrogen and oxygen atoms in total. The monoisotopic (exact) mass is 425 g/mol. The SMILES string of the molecule is Cc1cc(Nc2nc(N[C@@H]3CCCC[C@@H]3N)c(F)cc2C(N)=O)cnc1-n1ccnn1. The first-order valence-corrected chi connectivity index (χ1v) is 10.0. The van der Waals surface area contributed by atoms with E-state index in [1.54, 1.807) is 23.3 Å². The van der Waals surface area contributed by atoms with E-state index in [-0.39, 0.29) is 29.3 Å². The Morgan fingerprint density at radius 1 is 1.26 bits per heavy atom. The molecule has 1 fully saturated rings. The van der Waals surface area contributed by atoms with Gasteiger partial charge in [-0.05, 0) is 37.5 Å². The Balaban J connectivity index is 1.63. The number of aryl methyl sites for hydroxylation is 1. The number of primary amides is 1. The average molecular weight is 425 g/mol. The zero-order valence-electron chi connectivity index (χ0n) is 17.0. The van der Waals surface area contributed by atoms with Crippen LogP contribution in [0.4, 0.5) is 21.7 Å². The zero-order chi connectivity index (χ0) is 22.0. The van der Waals surface area contributed by atoms with Crippen molar-refractivity contribution in [2.45, 2.75) is 44.7 Å². The number of amides is 1. The number of carbonyl (C=O) groups excluding carboxylic acids is 1. The van der Waals surface area contributed by atoms with Crippen LogP contribution in [0.2, 0.25) is 0 Å². The maximum absolute atomic E-state index is 14.7. The minimum absolute atomic E-state index is 0.0266. The molecule has 11 heteroatoms. The Labute approximate surface area is 178 Å². The van der Waals surface area contributed by atoms with Crippen molar-refractivity contribution in [1.82, 2.24) is 25.0 Å².